The van der Waals surface area contributed by atoms with Gasteiger partial charge in [0.25, 0.3) is 0 Å². The standard InChI is InChI=1S/C27H30F3N3O2S/c1-17-24(36-26(32-17)18-9-11-21(12-10-18)27(28,29)30)15-22(31)20-7-5-13-33(16-20)23-8-4-3-6-19(23)14-25(34)35-2/h3-4,6,8-12,20,22H,5,7,13-16,31H2,1-2H3. The van der Waals surface area contributed by atoms with Gasteiger partial charge < -0.3 is 15.4 Å². The summed E-state index contributed by atoms with van der Waals surface area (Å²) < 4.78 is 43.5. The minimum Gasteiger partial charge on any atom is -0.469 e. The molecule has 9 heteroatoms. The number of piperidine rings is 1. The molecule has 1 fully saturated rings. The highest BCUT2D eigenvalue weighted by molar-refractivity contribution is 7.15. The number of carbonyl (C=O) groups is 1. The lowest BCUT2D eigenvalue weighted by Gasteiger charge is -2.38. The van der Waals surface area contributed by atoms with Crippen LogP contribution in [0.25, 0.3) is 10.6 Å². The first-order valence-electron chi connectivity index (χ1n) is 11.9. The fourth-order valence-electron chi connectivity index (χ4n) is 4.70. The molecule has 0 amide bonds. The van der Waals surface area contributed by atoms with Gasteiger partial charge in [0.05, 0.1) is 24.8 Å². The van der Waals surface area contributed by atoms with Gasteiger partial charge >= 0.3 is 12.1 Å². The summed E-state index contributed by atoms with van der Waals surface area (Å²) in [6.45, 7) is 3.62. The molecule has 4 rings (SSSR count). The smallest absolute Gasteiger partial charge is 0.416 e. The van der Waals surface area contributed by atoms with Crippen molar-refractivity contribution >= 4 is 23.0 Å². The zero-order valence-corrected chi connectivity index (χ0v) is 21.2. The number of anilines is 1. The number of ether oxygens (including phenoxy) is 1. The van der Waals surface area contributed by atoms with E-state index in [2.05, 4.69) is 9.88 Å². The van der Waals surface area contributed by atoms with Gasteiger partial charge in [-0.2, -0.15) is 13.2 Å². The largest absolute Gasteiger partial charge is 0.469 e. The second-order valence-corrected chi connectivity index (χ2v) is 10.3. The van der Waals surface area contributed by atoms with Crippen LogP contribution >= 0.6 is 11.3 Å². The summed E-state index contributed by atoms with van der Waals surface area (Å²) in [5.41, 5.74) is 9.54. The van der Waals surface area contributed by atoms with Crippen molar-refractivity contribution in [3.8, 4) is 10.6 Å². The maximum absolute atomic E-state index is 12.9. The Bertz CT molecular complexity index is 1190. The third kappa shape index (κ3) is 6.07. The van der Waals surface area contributed by atoms with Crippen molar-refractivity contribution in [2.75, 3.05) is 25.1 Å². The predicted octanol–water partition coefficient (Wildman–Crippen LogP) is 5.64. The maximum Gasteiger partial charge on any atom is 0.416 e. The molecule has 1 aliphatic rings. The van der Waals surface area contributed by atoms with Crippen molar-refractivity contribution < 1.29 is 22.7 Å². The molecule has 2 atom stereocenters. The number of hydrogen-bond acceptors (Lipinski definition) is 6. The molecule has 1 aliphatic heterocycles. The fourth-order valence-corrected chi connectivity index (χ4v) is 5.84. The van der Waals surface area contributed by atoms with Crippen LogP contribution in [0.4, 0.5) is 18.9 Å². The van der Waals surface area contributed by atoms with Crippen LogP contribution in [0.1, 0.15) is 34.5 Å². The quantitative estimate of drug-likeness (QED) is 0.411. The SMILES string of the molecule is COC(=O)Cc1ccccc1N1CCCC(C(N)Cc2sc(-c3ccc(C(F)(F)F)cc3)nc2C)C1. The molecule has 2 unspecified atom stereocenters. The highest BCUT2D eigenvalue weighted by atomic mass is 32.1. The third-order valence-electron chi connectivity index (χ3n) is 6.73. The first-order valence-corrected chi connectivity index (χ1v) is 12.8. The van der Waals surface area contributed by atoms with E-state index in [9.17, 15) is 18.0 Å². The first kappa shape index (κ1) is 26.2. The lowest BCUT2D eigenvalue weighted by atomic mass is 9.88. The van der Waals surface area contributed by atoms with E-state index in [0.29, 0.717) is 17.0 Å². The molecule has 3 aromatic rings. The molecule has 2 aromatic carbocycles. The summed E-state index contributed by atoms with van der Waals surface area (Å²) in [5.74, 6) is -0.00168. The number of alkyl halides is 3. The number of hydrogen-bond donors (Lipinski definition) is 1. The molecule has 2 heterocycles. The number of thiazole rings is 1. The Morgan fingerprint density at radius 2 is 1.94 bits per heavy atom. The number of nitrogens with two attached hydrogens (primary N) is 1. The molecule has 0 spiro atoms. The second kappa shape index (κ2) is 11.0. The average molecular weight is 518 g/mol. The number of esters is 1. The van der Waals surface area contributed by atoms with E-state index >= 15 is 0 Å². The number of nitrogens with zero attached hydrogens (tertiary/aromatic N) is 2. The number of halogens is 3. The molecule has 0 saturated carbocycles. The van der Waals surface area contributed by atoms with Gasteiger partial charge in [-0.3, -0.25) is 4.79 Å². The highest BCUT2D eigenvalue weighted by Gasteiger charge is 2.30. The molecule has 192 valence electrons. The van der Waals surface area contributed by atoms with E-state index < -0.39 is 11.7 Å². The van der Waals surface area contributed by atoms with Gasteiger partial charge in [0.1, 0.15) is 5.01 Å². The topological polar surface area (TPSA) is 68.5 Å². The number of methoxy groups -OCH3 is 1. The van der Waals surface area contributed by atoms with Crippen LogP contribution in [0.15, 0.2) is 48.5 Å². The molecule has 1 aromatic heterocycles. The van der Waals surface area contributed by atoms with Crippen LogP contribution in [0.3, 0.4) is 0 Å². The Hall–Kier alpha value is -2.91. The molecule has 36 heavy (non-hydrogen) atoms. The molecule has 5 nitrogen and oxygen atoms in total. The second-order valence-electron chi connectivity index (χ2n) is 9.20. The number of carbonyl (C=O) groups excluding carboxylic acids is 1. The van der Waals surface area contributed by atoms with Gasteiger partial charge in [-0.05, 0) is 55.9 Å². The zero-order chi connectivity index (χ0) is 25.9. The van der Waals surface area contributed by atoms with Crippen molar-refractivity contribution in [2.24, 2.45) is 11.7 Å². The van der Waals surface area contributed by atoms with Gasteiger partial charge in [0.15, 0.2) is 0 Å². The van der Waals surface area contributed by atoms with Crippen molar-refractivity contribution in [1.29, 1.82) is 0 Å². The van der Waals surface area contributed by atoms with Crippen LogP contribution in [0.2, 0.25) is 0 Å². The Morgan fingerprint density at radius 1 is 1.22 bits per heavy atom. The van der Waals surface area contributed by atoms with Crippen LogP contribution < -0.4 is 10.6 Å². The minimum absolute atomic E-state index is 0.0832. The van der Waals surface area contributed by atoms with Gasteiger partial charge in [-0.15, -0.1) is 11.3 Å². The van der Waals surface area contributed by atoms with E-state index in [0.717, 1.165) is 59.9 Å². The molecule has 0 bridgehead atoms. The Kier molecular flexibility index (Phi) is 8.00. The molecule has 2 N–H and O–H groups in total. The van der Waals surface area contributed by atoms with E-state index in [-0.39, 0.29) is 24.3 Å². The predicted molar refractivity (Wildman–Crippen MR) is 136 cm³/mol. The lowest BCUT2D eigenvalue weighted by Crippen LogP contribution is -2.45. The van der Waals surface area contributed by atoms with Crippen molar-refractivity contribution in [3.63, 3.8) is 0 Å². The number of aryl methyl sites for hydroxylation is 1. The summed E-state index contributed by atoms with van der Waals surface area (Å²) in [4.78, 5) is 19.8. The summed E-state index contributed by atoms with van der Waals surface area (Å²) in [5, 5.41) is 0.699. The van der Waals surface area contributed by atoms with Crippen LogP contribution in [-0.4, -0.2) is 37.2 Å². The summed E-state index contributed by atoms with van der Waals surface area (Å²) in [6.07, 6.45) is -1.45. The van der Waals surface area contributed by atoms with E-state index in [1.807, 2.05) is 31.2 Å². The lowest BCUT2D eigenvalue weighted by molar-refractivity contribution is -0.140. The van der Waals surface area contributed by atoms with Crippen LogP contribution in [0.5, 0.6) is 0 Å². The normalized spacial score (nSPS) is 17.2. The summed E-state index contributed by atoms with van der Waals surface area (Å²) in [7, 11) is 1.39. The number of aromatic nitrogens is 1. The minimum atomic E-state index is -4.36. The van der Waals surface area contributed by atoms with Crippen molar-refractivity contribution in [1.82, 2.24) is 4.98 Å². The molecular weight excluding hydrogens is 487 g/mol. The van der Waals surface area contributed by atoms with Gasteiger partial charge in [0, 0.05) is 35.3 Å². The van der Waals surface area contributed by atoms with E-state index in [1.165, 1.54) is 30.6 Å². The van der Waals surface area contributed by atoms with Crippen molar-refractivity contribution in [3.05, 3.63) is 70.2 Å². The maximum atomic E-state index is 12.9. The van der Waals surface area contributed by atoms with E-state index in [1.54, 1.807) is 0 Å². The third-order valence-corrected chi connectivity index (χ3v) is 7.96. The van der Waals surface area contributed by atoms with Crippen LogP contribution in [-0.2, 0) is 28.5 Å². The highest BCUT2D eigenvalue weighted by Crippen LogP contribution is 2.34. The van der Waals surface area contributed by atoms with Crippen LogP contribution in [0, 0.1) is 12.8 Å². The van der Waals surface area contributed by atoms with Gasteiger partial charge in [-0.1, -0.05) is 30.3 Å². The Morgan fingerprint density at radius 3 is 2.64 bits per heavy atom. The summed E-state index contributed by atoms with van der Waals surface area (Å²) in [6, 6.07) is 12.9. The average Bonchev–Trinajstić information content (AvgIpc) is 3.23. The van der Waals surface area contributed by atoms with Gasteiger partial charge in [0.2, 0.25) is 0 Å². The molecule has 0 radical (unpaired) electrons. The zero-order valence-electron chi connectivity index (χ0n) is 20.3. The Labute approximate surface area is 213 Å². The monoisotopic (exact) mass is 517 g/mol. The number of benzene rings is 2. The molecule has 0 aliphatic carbocycles. The fraction of sp³-hybridized carbons (Fsp3) is 0.407. The first-order chi connectivity index (χ1) is 17.2. The molecule has 1 saturated heterocycles. The number of rotatable bonds is 7. The van der Waals surface area contributed by atoms with E-state index in [4.69, 9.17) is 10.5 Å². The molecular formula is C27H30F3N3O2S. The van der Waals surface area contributed by atoms with Gasteiger partial charge in [-0.25, -0.2) is 4.98 Å². The van der Waals surface area contributed by atoms with Crippen molar-refractivity contribution in [2.45, 2.75) is 44.8 Å². The number of para-hydroxylation sites is 1. The summed E-state index contributed by atoms with van der Waals surface area (Å²) >= 11 is 1.49. The Balaban J connectivity index is 1.45.